The monoisotopic (exact) mass is 154 g/mol. The second-order valence-corrected chi connectivity index (χ2v) is 3.32. The van der Waals surface area contributed by atoms with Gasteiger partial charge in [-0.05, 0) is 26.3 Å². The van der Waals surface area contributed by atoms with E-state index in [4.69, 9.17) is 6.57 Å². The van der Waals surface area contributed by atoms with Gasteiger partial charge in [0, 0.05) is 6.04 Å². The first-order chi connectivity index (χ1) is 5.17. The Morgan fingerprint density at radius 3 is 3.00 bits per heavy atom. The standard InChI is InChI=1S/C8H14N2O/c1-8(11,6-9-2)7-4-3-5-10-7/h7,10-11H,3-6H2,1H3/t7-,8+/m0/s1. The van der Waals surface area contributed by atoms with Crippen molar-refractivity contribution in [1.82, 2.24) is 5.32 Å². The van der Waals surface area contributed by atoms with E-state index in [2.05, 4.69) is 10.2 Å². The third kappa shape index (κ3) is 1.92. The maximum atomic E-state index is 9.74. The molecule has 2 N–H and O–H groups in total. The zero-order valence-corrected chi connectivity index (χ0v) is 6.80. The van der Waals surface area contributed by atoms with Gasteiger partial charge < -0.3 is 15.3 Å². The summed E-state index contributed by atoms with van der Waals surface area (Å²) in [4.78, 5) is 3.21. The van der Waals surface area contributed by atoms with Gasteiger partial charge in [0.25, 0.3) is 0 Å². The van der Waals surface area contributed by atoms with Crippen molar-refractivity contribution in [2.45, 2.75) is 31.4 Å². The van der Waals surface area contributed by atoms with Gasteiger partial charge in [0.15, 0.2) is 0 Å². The van der Waals surface area contributed by atoms with Crippen molar-refractivity contribution >= 4 is 0 Å². The van der Waals surface area contributed by atoms with Gasteiger partial charge >= 0.3 is 0 Å². The second kappa shape index (κ2) is 3.21. The highest BCUT2D eigenvalue weighted by molar-refractivity contribution is 4.95. The molecule has 11 heavy (non-hydrogen) atoms. The summed E-state index contributed by atoms with van der Waals surface area (Å²) in [6.45, 7) is 9.56. The Morgan fingerprint density at radius 1 is 1.82 bits per heavy atom. The van der Waals surface area contributed by atoms with Crippen molar-refractivity contribution in [3.8, 4) is 0 Å². The van der Waals surface area contributed by atoms with E-state index in [9.17, 15) is 5.11 Å². The van der Waals surface area contributed by atoms with Crippen molar-refractivity contribution in [3.63, 3.8) is 0 Å². The Hall–Kier alpha value is -0.590. The van der Waals surface area contributed by atoms with Gasteiger partial charge in [-0.2, -0.15) is 0 Å². The van der Waals surface area contributed by atoms with Gasteiger partial charge in [-0.1, -0.05) is 0 Å². The molecule has 1 aliphatic heterocycles. The fourth-order valence-electron chi connectivity index (χ4n) is 1.49. The van der Waals surface area contributed by atoms with E-state index >= 15 is 0 Å². The summed E-state index contributed by atoms with van der Waals surface area (Å²) in [5.74, 6) is 0. The highest BCUT2D eigenvalue weighted by atomic mass is 16.3. The fraction of sp³-hybridized carbons (Fsp3) is 0.875. The Kier molecular flexibility index (Phi) is 2.48. The van der Waals surface area contributed by atoms with E-state index in [-0.39, 0.29) is 12.6 Å². The Balaban J connectivity index is 2.49. The summed E-state index contributed by atoms with van der Waals surface area (Å²) in [6.07, 6.45) is 2.10. The zero-order valence-electron chi connectivity index (χ0n) is 6.80. The highest BCUT2D eigenvalue weighted by Crippen LogP contribution is 2.18. The van der Waals surface area contributed by atoms with Crippen LogP contribution < -0.4 is 5.32 Å². The van der Waals surface area contributed by atoms with Gasteiger partial charge in [0.05, 0.1) is 0 Å². The van der Waals surface area contributed by atoms with Crippen LogP contribution in [0.3, 0.4) is 0 Å². The highest BCUT2D eigenvalue weighted by Gasteiger charge is 2.36. The molecule has 1 fully saturated rings. The summed E-state index contributed by atoms with van der Waals surface area (Å²) in [5.41, 5.74) is -0.835. The zero-order chi connectivity index (χ0) is 8.32. The summed E-state index contributed by atoms with van der Waals surface area (Å²) in [7, 11) is 0. The maximum Gasteiger partial charge on any atom is 0.244 e. The van der Waals surface area contributed by atoms with E-state index in [0.29, 0.717) is 0 Å². The molecule has 3 nitrogen and oxygen atoms in total. The predicted octanol–water partition coefficient (Wildman–Crippen LogP) is 0.409. The smallest absolute Gasteiger partial charge is 0.244 e. The molecule has 0 bridgehead atoms. The van der Waals surface area contributed by atoms with Gasteiger partial charge in [-0.15, -0.1) is 0 Å². The van der Waals surface area contributed by atoms with Crippen LogP contribution in [0.2, 0.25) is 0 Å². The first kappa shape index (κ1) is 8.51. The number of nitrogens with zero attached hydrogens (tertiary/aromatic N) is 1. The van der Waals surface area contributed by atoms with Gasteiger partial charge in [0.2, 0.25) is 6.54 Å². The van der Waals surface area contributed by atoms with Gasteiger partial charge in [0.1, 0.15) is 5.60 Å². The Bertz CT molecular complexity index is 165. The molecule has 0 aromatic heterocycles. The van der Waals surface area contributed by atoms with E-state index in [1.807, 2.05) is 0 Å². The molecule has 1 saturated heterocycles. The van der Waals surface area contributed by atoms with Crippen LogP contribution in [0.4, 0.5) is 0 Å². The second-order valence-electron chi connectivity index (χ2n) is 3.32. The van der Waals surface area contributed by atoms with Crippen LogP contribution in [0.15, 0.2) is 0 Å². The van der Waals surface area contributed by atoms with Crippen molar-refractivity contribution in [2.75, 3.05) is 13.1 Å². The van der Waals surface area contributed by atoms with E-state index in [0.717, 1.165) is 19.4 Å². The third-order valence-corrected chi connectivity index (χ3v) is 2.21. The molecule has 1 heterocycles. The number of hydrogen-bond acceptors (Lipinski definition) is 2. The lowest BCUT2D eigenvalue weighted by Gasteiger charge is -2.24. The molecule has 0 aliphatic carbocycles. The van der Waals surface area contributed by atoms with Crippen LogP contribution in [-0.4, -0.2) is 29.8 Å². The SMILES string of the molecule is [C-]#[N+]C[C@@](C)(O)[C@@H]1CCCN1. The van der Waals surface area contributed by atoms with Crippen LogP contribution in [0.5, 0.6) is 0 Å². The normalized spacial score (nSPS) is 29.4. The van der Waals surface area contributed by atoms with Crippen LogP contribution in [0, 0.1) is 6.57 Å². The molecule has 0 aromatic rings. The molecule has 0 saturated carbocycles. The lowest BCUT2D eigenvalue weighted by molar-refractivity contribution is 0.0419. The lowest BCUT2D eigenvalue weighted by atomic mass is 9.95. The summed E-state index contributed by atoms with van der Waals surface area (Å²) in [5, 5.41) is 12.9. The molecule has 1 aliphatic rings. The molecule has 0 unspecified atom stereocenters. The Labute approximate surface area is 67.2 Å². The average molecular weight is 154 g/mol. The number of hydrogen-bond donors (Lipinski definition) is 2. The minimum absolute atomic E-state index is 0.122. The predicted molar refractivity (Wildman–Crippen MR) is 43.1 cm³/mol. The van der Waals surface area contributed by atoms with Gasteiger partial charge in [-0.25, -0.2) is 6.57 Å². The molecule has 0 radical (unpaired) electrons. The fourth-order valence-corrected chi connectivity index (χ4v) is 1.49. The van der Waals surface area contributed by atoms with Crippen LogP contribution in [0.1, 0.15) is 19.8 Å². The minimum atomic E-state index is -0.835. The van der Waals surface area contributed by atoms with Gasteiger partial charge in [-0.3, -0.25) is 0 Å². The first-order valence-corrected chi connectivity index (χ1v) is 3.96. The molecule has 2 atom stereocenters. The largest absolute Gasteiger partial charge is 0.381 e. The number of rotatable bonds is 2. The molecule has 0 aromatic carbocycles. The topological polar surface area (TPSA) is 36.6 Å². The first-order valence-electron chi connectivity index (χ1n) is 3.96. The molecule has 0 spiro atoms. The molecule has 3 heteroatoms. The van der Waals surface area contributed by atoms with Crippen LogP contribution >= 0.6 is 0 Å². The van der Waals surface area contributed by atoms with Crippen molar-refractivity contribution in [3.05, 3.63) is 11.4 Å². The van der Waals surface area contributed by atoms with E-state index < -0.39 is 5.60 Å². The summed E-state index contributed by atoms with van der Waals surface area (Å²) < 4.78 is 0. The van der Waals surface area contributed by atoms with E-state index in [1.165, 1.54) is 0 Å². The number of aliphatic hydroxyl groups is 1. The molecular formula is C8H14N2O. The maximum absolute atomic E-state index is 9.74. The molecule has 0 amide bonds. The summed E-state index contributed by atoms with van der Waals surface area (Å²) >= 11 is 0. The summed E-state index contributed by atoms with van der Waals surface area (Å²) in [6, 6.07) is 0.122. The lowest BCUT2D eigenvalue weighted by Crippen LogP contribution is -2.47. The average Bonchev–Trinajstić information content (AvgIpc) is 2.37. The van der Waals surface area contributed by atoms with Crippen LogP contribution in [0.25, 0.3) is 4.85 Å². The molecule has 1 rings (SSSR count). The quantitative estimate of drug-likeness (QED) is 0.565. The minimum Gasteiger partial charge on any atom is -0.381 e. The van der Waals surface area contributed by atoms with Crippen molar-refractivity contribution in [2.24, 2.45) is 0 Å². The van der Waals surface area contributed by atoms with Crippen molar-refractivity contribution < 1.29 is 5.11 Å². The third-order valence-electron chi connectivity index (χ3n) is 2.21. The molecule has 62 valence electrons. The van der Waals surface area contributed by atoms with E-state index in [1.54, 1.807) is 6.92 Å². The number of nitrogens with one attached hydrogen (secondary N) is 1. The van der Waals surface area contributed by atoms with Crippen LogP contribution in [-0.2, 0) is 0 Å². The molecular weight excluding hydrogens is 140 g/mol. The Morgan fingerprint density at radius 2 is 2.55 bits per heavy atom. The van der Waals surface area contributed by atoms with Crippen molar-refractivity contribution in [1.29, 1.82) is 0 Å².